The second-order valence-electron chi connectivity index (χ2n) is 4.31. The van der Waals surface area contributed by atoms with E-state index in [0.29, 0.717) is 12.5 Å². The lowest BCUT2D eigenvalue weighted by atomic mass is 9.97. The Bertz CT molecular complexity index is 350. The van der Waals surface area contributed by atoms with Gasteiger partial charge in [-0.05, 0) is 7.05 Å². The fourth-order valence-electron chi connectivity index (χ4n) is 2.03. The molecule has 1 aromatic rings. The third kappa shape index (κ3) is 2.01. The Morgan fingerprint density at radius 2 is 2.33 bits per heavy atom. The molecule has 1 aliphatic heterocycles. The van der Waals surface area contributed by atoms with E-state index in [1.807, 2.05) is 0 Å². The number of fused-ring (bicyclic) bond motifs is 1. The summed E-state index contributed by atoms with van der Waals surface area (Å²) in [6.07, 6.45) is 2.70. The molecule has 0 saturated carbocycles. The number of hydrogen-bond donors (Lipinski definition) is 1. The van der Waals surface area contributed by atoms with Crippen LogP contribution < -0.4 is 5.73 Å². The molecule has 2 N–H and O–H groups in total. The van der Waals surface area contributed by atoms with E-state index in [2.05, 4.69) is 28.8 Å². The van der Waals surface area contributed by atoms with Crippen LogP contribution in [0.2, 0.25) is 0 Å². The summed E-state index contributed by atoms with van der Waals surface area (Å²) >= 11 is 0. The van der Waals surface area contributed by atoms with Gasteiger partial charge in [0.2, 0.25) is 0 Å². The Balaban J connectivity index is 2.39. The quantitative estimate of drug-likeness (QED) is 0.766. The van der Waals surface area contributed by atoms with E-state index in [1.54, 1.807) is 6.33 Å². The fourth-order valence-corrected chi connectivity index (χ4v) is 2.03. The lowest BCUT2D eigenvalue weighted by Crippen LogP contribution is -2.29. The molecule has 1 atom stereocenters. The third-order valence-electron chi connectivity index (χ3n) is 3.05. The molecule has 0 aromatic carbocycles. The molecule has 2 heterocycles. The van der Waals surface area contributed by atoms with Crippen molar-refractivity contribution >= 4 is 0 Å². The van der Waals surface area contributed by atoms with Crippen molar-refractivity contribution in [2.45, 2.75) is 25.8 Å². The summed E-state index contributed by atoms with van der Waals surface area (Å²) < 4.78 is 0. The van der Waals surface area contributed by atoms with E-state index in [0.717, 1.165) is 25.2 Å². The summed E-state index contributed by atoms with van der Waals surface area (Å²) in [7, 11) is 2.13. The molecular formula is C11H18N4. The number of nitrogens with two attached hydrogens (primary N) is 1. The van der Waals surface area contributed by atoms with Gasteiger partial charge in [0.15, 0.2) is 0 Å². The summed E-state index contributed by atoms with van der Waals surface area (Å²) in [6, 6.07) is 0. The number of rotatable bonds is 2. The Morgan fingerprint density at radius 1 is 1.53 bits per heavy atom. The van der Waals surface area contributed by atoms with Crippen molar-refractivity contribution < 1.29 is 0 Å². The van der Waals surface area contributed by atoms with E-state index >= 15 is 0 Å². The van der Waals surface area contributed by atoms with Gasteiger partial charge in [0.05, 0.1) is 5.69 Å². The molecule has 15 heavy (non-hydrogen) atoms. The number of aromatic nitrogens is 2. The highest BCUT2D eigenvalue weighted by Gasteiger charge is 2.20. The fraction of sp³-hybridized carbons (Fsp3) is 0.636. The normalized spacial score (nSPS) is 18.6. The van der Waals surface area contributed by atoms with Crippen LogP contribution in [0.1, 0.15) is 29.8 Å². The zero-order chi connectivity index (χ0) is 10.8. The van der Waals surface area contributed by atoms with Crippen LogP contribution in [0, 0.1) is 0 Å². The average molecular weight is 206 g/mol. The molecular weight excluding hydrogens is 188 g/mol. The first-order valence-corrected chi connectivity index (χ1v) is 5.43. The monoisotopic (exact) mass is 206 g/mol. The van der Waals surface area contributed by atoms with Crippen molar-refractivity contribution in [1.29, 1.82) is 0 Å². The predicted octanol–water partition coefficient (Wildman–Crippen LogP) is 0.527. The maximum Gasteiger partial charge on any atom is 0.115 e. The predicted molar refractivity (Wildman–Crippen MR) is 59.5 cm³/mol. The Morgan fingerprint density at radius 3 is 3.07 bits per heavy atom. The molecule has 0 saturated heterocycles. The van der Waals surface area contributed by atoms with Gasteiger partial charge in [0.25, 0.3) is 0 Å². The molecule has 0 aliphatic carbocycles. The van der Waals surface area contributed by atoms with Gasteiger partial charge in [0, 0.05) is 43.2 Å². The molecule has 4 nitrogen and oxygen atoms in total. The Hall–Kier alpha value is -1.00. The van der Waals surface area contributed by atoms with E-state index < -0.39 is 0 Å². The smallest absolute Gasteiger partial charge is 0.115 e. The molecule has 0 amide bonds. The van der Waals surface area contributed by atoms with Crippen LogP contribution in [0.15, 0.2) is 6.33 Å². The molecule has 1 aliphatic rings. The molecule has 1 unspecified atom stereocenters. The second-order valence-corrected chi connectivity index (χ2v) is 4.31. The summed E-state index contributed by atoms with van der Waals surface area (Å²) in [4.78, 5) is 11.0. The number of hydrogen-bond acceptors (Lipinski definition) is 4. The molecule has 0 fully saturated rings. The van der Waals surface area contributed by atoms with Gasteiger partial charge in [0.1, 0.15) is 6.33 Å². The van der Waals surface area contributed by atoms with Crippen molar-refractivity contribution in [3.63, 3.8) is 0 Å². The summed E-state index contributed by atoms with van der Waals surface area (Å²) in [5.41, 5.74) is 9.33. The van der Waals surface area contributed by atoms with Gasteiger partial charge >= 0.3 is 0 Å². The first-order chi connectivity index (χ1) is 7.22. The molecule has 0 spiro atoms. The van der Waals surface area contributed by atoms with Gasteiger partial charge in [-0.25, -0.2) is 9.97 Å². The van der Waals surface area contributed by atoms with Crippen molar-refractivity contribution in [1.82, 2.24) is 14.9 Å². The molecule has 2 rings (SSSR count). The summed E-state index contributed by atoms with van der Waals surface area (Å²) in [6.45, 7) is 4.81. The van der Waals surface area contributed by atoms with Crippen molar-refractivity contribution in [2.75, 3.05) is 20.1 Å². The first-order valence-electron chi connectivity index (χ1n) is 5.43. The lowest BCUT2D eigenvalue weighted by Gasteiger charge is -2.26. The minimum atomic E-state index is 0.327. The van der Waals surface area contributed by atoms with Crippen LogP contribution in [-0.4, -0.2) is 35.0 Å². The topological polar surface area (TPSA) is 55.0 Å². The van der Waals surface area contributed by atoms with Crippen LogP contribution in [0.25, 0.3) is 0 Å². The van der Waals surface area contributed by atoms with Crippen LogP contribution in [0.4, 0.5) is 0 Å². The summed E-state index contributed by atoms with van der Waals surface area (Å²) in [5.74, 6) is 0.327. The van der Waals surface area contributed by atoms with Crippen molar-refractivity contribution in [3.8, 4) is 0 Å². The second kappa shape index (κ2) is 4.24. The zero-order valence-electron chi connectivity index (χ0n) is 9.40. The largest absolute Gasteiger partial charge is 0.330 e. The SMILES string of the molecule is CC(CN)c1ncnc2c1CN(C)CC2. The third-order valence-corrected chi connectivity index (χ3v) is 3.05. The Labute approximate surface area is 90.5 Å². The maximum atomic E-state index is 5.70. The van der Waals surface area contributed by atoms with Crippen molar-refractivity contribution in [3.05, 3.63) is 23.3 Å². The van der Waals surface area contributed by atoms with Crippen LogP contribution in [0.3, 0.4) is 0 Å². The zero-order valence-corrected chi connectivity index (χ0v) is 9.40. The van der Waals surface area contributed by atoms with Crippen LogP contribution >= 0.6 is 0 Å². The van der Waals surface area contributed by atoms with E-state index in [9.17, 15) is 0 Å². The van der Waals surface area contributed by atoms with Gasteiger partial charge in [-0.1, -0.05) is 6.92 Å². The van der Waals surface area contributed by atoms with Gasteiger partial charge in [-0.15, -0.1) is 0 Å². The van der Waals surface area contributed by atoms with Gasteiger partial charge < -0.3 is 10.6 Å². The Kier molecular flexibility index (Phi) is 2.98. The lowest BCUT2D eigenvalue weighted by molar-refractivity contribution is 0.306. The van der Waals surface area contributed by atoms with Crippen molar-refractivity contribution in [2.24, 2.45) is 5.73 Å². The van der Waals surface area contributed by atoms with E-state index in [-0.39, 0.29) is 0 Å². The number of nitrogens with zero attached hydrogens (tertiary/aromatic N) is 3. The van der Waals surface area contributed by atoms with E-state index in [1.165, 1.54) is 11.3 Å². The first kappa shape index (κ1) is 10.5. The maximum absolute atomic E-state index is 5.70. The minimum Gasteiger partial charge on any atom is -0.330 e. The van der Waals surface area contributed by atoms with Crippen LogP contribution in [0.5, 0.6) is 0 Å². The molecule has 0 radical (unpaired) electrons. The van der Waals surface area contributed by atoms with Gasteiger partial charge in [-0.2, -0.15) is 0 Å². The molecule has 1 aromatic heterocycles. The highest BCUT2D eigenvalue weighted by atomic mass is 15.1. The molecule has 82 valence electrons. The molecule has 4 heteroatoms. The standard InChI is InChI=1S/C11H18N4/c1-8(5-12)11-9-6-15(2)4-3-10(9)13-7-14-11/h7-8H,3-6,12H2,1-2H3. The molecule has 0 bridgehead atoms. The minimum absolute atomic E-state index is 0.327. The average Bonchev–Trinajstić information content (AvgIpc) is 2.27. The highest BCUT2D eigenvalue weighted by molar-refractivity contribution is 5.29. The van der Waals surface area contributed by atoms with Gasteiger partial charge in [-0.3, -0.25) is 0 Å². The van der Waals surface area contributed by atoms with E-state index in [4.69, 9.17) is 5.73 Å². The van der Waals surface area contributed by atoms with Crippen LogP contribution in [-0.2, 0) is 13.0 Å². The summed E-state index contributed by atoms with van der Waals surface area (Å²) in [5, 5.41) is 0. The highest BCUT2D eigenvalue weighted by Crippen LogP contribution is 2.23. The number of likely N-dealkylation sites (N-methyl/N-ethyl adjacent to an activating group) is 1.